The lowest BCUT2D eigenvalue weighted by atomic mass is 10.1. The van der Waals surface area contributed by atoms with Gasteiger partial charge in [-0.15, -0.1) is 0 Å². The number of aromatic amines is 1. The number of hydrogen-bond acceptors (Lipinski definition) is 4. The van der Waals surface area contributed by atoms with Gasteiger partial charge >= 0.3 is 0 Å². The summed E-state index contributed by atoms with van der Waals surface area (Å²) in [5, 5.41) is 0.942. The Morgan fingerprint density at radius 3 is 2.73 bits per heavy atom. The first-order valence-electron chi connectivity index (χ1n) is 7.43. The van der Waals surface area contributed by atoms with Gasteiger partial charge < -0.3 is 15.5 Å². The Bertz CT molecular complexity index is 777. The maximum atomic E-state index is 12.7. The Labute approximate surface area is 130 Å². The van der Waals surface area contributed by atoms with Crippen LogP contribution in [0.4, 0.5) is 0 Å². The average Bonchev–Trinajstić information content (AvgIpc) is 2.84. The zero-order valence-corrected chi connectivity index (χ0v) is 13.4. The van der Waals surface area contributed by atoms with Crippen LogP contribution in [0.25, 0.3) is 10.9 Å². The molecule has 120 valence electrons. The topological polar surface area (TPSA) is 88.4 Å². The van der Waals surface area contributed by atoms with E-state index in [9.17, 15) is 8.42 Å². The Hall–Kier alpha value is -1.41. The Morgan fingerprint density at radius 1 is 1.32 bits per heavy atom. The average molecular weight is 323 g/mol. The van der Waals surface area contributed by atoms with Crippen LogP contribution in [-0.4, -0.2) is 50.6 Å². The van der Waals surface area contributed by atoms with Gasteiger partial charge in [-0.1, -0.05) is 0 Å². The van der Waals surface area contributed by atoms with E-state index in [0.29, 0.717) is 37.7 Å². The highest BCUT2D eigenvalue weighted by Gasteiger charge is 2.26. The van der Waals surface area contributed by atoms with Gasteiger partial charge in [-0.2, -0.15) is 4.31 Å². The summed E-state index contributed by atoms with van der Waals surface area (Å²) in [6.45, 7) is 4.23. The zero-order valence-electron chi connectivity index (χ0n) is 12.6. The minimum absolute atomic E-state index is 0.333. The second kappa shape index (κ2) is 6.00. The Morgan fingerprint density at radius 2 is 2.05 bits per heavy atom. The molecule has 1 aliphatic heterocycles. The number of nitrogens with one attached hydrogen (secondary N) is 1. The van der Waals surface area contributed by atoms with Crippen LogP contribution in [0.3, 0.4) is 0 Å². The molecular weight excluding hydrogens is 302 g/mol. The molecule has 7 heteroatoms. The molecule has 0 spiro atoms. The molecule has 6 nitrogen and oxygen atoms in total. The first kappa shape index (κ1) is 15.5. The van der Waals surface area contributed by atoms with Gasteiger partial charge in [0.15, 0.2) is 0 Å². The number of ether oxygens (including phenoxy) is 1. The van der Waals surface area contributed by atoms with Crippen LogP contribution < -0.4 is 5.73 Å². The summed E-state index contributed by atoms with van der Waals surface area (Å²) < 4.78 is 32.2. The summed E-state index contributed by atoms with van der Waals surface area (Å²) in [7, 11) is -3.47. The van der Waals surface area contributed by atoms with Crippen molar-refractivity contribution in [1.82, 2.24) is 9.29 Å². The van der Waals surface area contributed by atoms with E-state index in [1.54, 1.807) is 12.1 Å². The van der Waals surface area contributed by atoms with Crippen molar-refractivity contribution in [2.75, 3.05) is 32.8 Å². The van der Waals surface area contributed by atoms with Crippen molar-refractivity contribution >= 4 is 20.9 Å². The number of nitrogens with two attached hydrogens (primary N) is 1. The normalized spacial score (nSPS) is 17.2. The molecule has 0 unspecified atom stereocenters. The van der Waals surface area contributed by atoms with Gasteiger partial charge in [0.1, 0.15) is 0 Å². The fourth-order valence-corrected chi connectivity index (χ4v) is 4.36. The minimum Gasteiger partial charge on any atom is -0.379 e. The van der Waals surface area contributed by atoms with Gasteiger partial charge in [-0.3, -0.25) is 0 Å². The molecule has 1 aliphatic rings. The molecule has 0 atom stereocenters. The summed E-state index contributed by atoms with van der Waals surface area (Å²) in [6, 6.07) is 5.25. The lowest BCUT2D eigenvalue weighted by Gasteiger charge is -2.26. The monoisotopic (exact) mass is 323 g/mol. The van der Waals surface area contributed by atoms with Crippen molar-refractivity contribution in [1.29, 1.82) is 0 Å². The first-order chi connectivity index (χ1) is 10.5. The molecule has 2 aromatic rings. The third kappa shape index (κ3) is 2.65. The molecule has 1 fully saturated rings. The molecule has 0 amide bonds. The van der Waals surface area contributed by atoms with Crippen molar-refractivity contribution in [2.45, 2.75) is 18.2 Å². The summed E-state index contributed by atoms with van der Waals surface area (Å²) >= 11 is 0. The van der Waals surface area contributed by atoms with Gasteiger partial charge in [-0.25, -0.2) is 8.42 Å². The van der Waals surface area contributed by atoms with Crippen molar-refractivity contribution in [3.05, 3.63) is 29.5 Å². The molecule has 0 radical (unpaired) electrons. The van der Waals surface area contributed by atoms with E-state index in [0.717, 1.165) is 28.6 Å². The molecule has 22 heavy (non-hydrogen) atoms. The van der Waals surface area contributed by atoms with E-state index >= 15 is 0 Å². The SMILES string of the molecule is Cc1[nH]c2ccc(S(=O)(=O)N3CCOCC3)cc2c1CCN. The van der Waals surface area contributed by atoms with Gasteiger partial charge in [-0.05, 0) is 43.7 Å². The second-order valence-electron chi connectivity index (χ2n) is 5.49. The van der Waals surface area contributed by atoms with E-state index in [2.05, 4.69) is 4.98 Å². The number of nitrogens with zero attached hydrogens (tertiary/aromatic N) is 1. The van der Waals surface area contributed by atoms with Crippen LogP contribution in [0, 0.1) is 6.92 Å². The molecule has 3 N–H and O–H groups in total. The number of hydrogen-bond donors (Lipinski definition) is 2. The third-order valence-electron chi connectivity index (χ3n) is 4.09. The fraction of sp³-hybridized carbons (Fsp3) is 0.467. The lowest BCUT2D eigenvalue weighted by molar-refractivity contribution is 0.0730. The fourth-order valence-electron chi connectivity index (χ4n) is 2.92. The van der Waals surface area contributed by atoms with Crippen LogP contribution in [0.2, 0.25) is 0 Å². The highest BCUT2D eigenvalue weighted by molar-refractivity contribution is 7.89. The number of fused-ring (bicyclic) bond motifs is 1. The van der Waals surface area contributed by atoms with Crippen LogP contribution in [-0.2, 0) is 21.2 Å². The Balaban J connectivity index is 2.05. The summed E-state index contributed by atoms with van der Waals surface area (Å²) in [5.74, 6) is 0. The molecule has 1 saturated heterocycles. The summed E-state index contributed by atoms with van der Waals surface area (Å²) in [6.07, 6.45) is 0.729. The predicted molar refractivity (Wildman–Crippen MR) is 85.4 cm³/mol. The highest BCUT2D eigenvalue weighted by Crippen LogP contribution is 2.27. The predicted octanol–water partition coefficient (Wildman–Crippen LogP) is 0.998. The van der Waals surface area contributed by atoms with Crippen LogP contribution in [0.15, 0.2) is 23.1 Å². The largest absolute Gasteiger partial charge is 0.379 e. The number of benzene rings is 1. The Kier molecular flexibility index (Phi) is 4.22. The lowest BCUT2D eigenvalue weighted by Crippen LogP contribution is -2.40. The number of aromatic nitrogens is 1. The standard InChI is InChI=1S/C15H21N3O3S/c1-11-13(4-5-16)14-10-12(2-3-15(14)17-11)22(19,20)18-6-8-21-9-7-18/h2-3,10,17H,4-9,16H2,1H3. The molecule has 1 aromatic carbocycles. The van der Waals surface area contributed by atoms with Crippen molar-refractivity contribution in [3.63, 3.8) is 0 Å². The maximum Gasteiger partial charge on any atom is 0.243 e. The van der Waals surface area contributed by atoms with E-state index in [4.69, 9.17) is 10.5 Å². The third-order valence-corrected chi connectivity index (χ3v) is 5.99. The smallest absolute Gasteiger partial charge is 0.243 e. The minimum atomic E-state index is -3.47. The number of rotatable bonds is 4. The molecule has 3 rings (SSSR count). The van der Waals surface area contributed by atoms with Gasteiger partial charge in [0, 0.05) is 29.7 Å². The van der Waals surface area contributed by atoms with Crippen molar-refractivity contribution < 1.29 is 13.2 Å². The van der Waals surface area contributed by atoms with Crippen molar-refractivity contribution in [3.8, 4) is 0 Å². The second-order valence-corrected chi connectivity index (χ2v) is 7.43. The van der Waals surface area contributed by atoms with Crippen LogP contribution in [0.1, 0.15) is 11.3 Å². The molecule has 0 bridgehead atoms. The van der Waals surface area contributed by atoms with Crippen LogP contribution >= 0.6 is 0 Å². The van der Waals surface area contributed by atoms with Gasteiger partial charge in [0.2, 0.25) is 10.0 Å². The van der Waals surface area contributed by atoms with Gasteiger partial charge in [0.25, 0.3) is 0 Å². The van der Waals surface area contributed by atoms with E-state index in [1.807, 2.05) is 13.0 Å². The summed E-state index contributed by atoms with van der Waals surface area (Å²) in [4.78, 5) is 3.62. The van der Waals surface area contributed by atoms with Gasteiger partial charge in [0.05, 0.1) is 18.1 Å². The molecule has 2 heterocycles. The van der Waals surface area contributed by atoms with E-state index in [1.165, 1.54) is 4.31 Å². The zero-order chi connectivity index (χ0) is 15.7. The first-order valence-corrected chi connectivity index (χ1v) is 8.87. The van der Waals surface area contributed by atoms with Crippen molar-refractivity contribution in [2.24, 2.45) is 5.73 Å². The number of aryl methyl sites for hydroxylation is 1. The van der Waals surface area contributed by atoms with Crippen LogP contribution in [0.5, 0.6) is 0 Å². The molecule has 1 aromatic heterocycles. The number of sulfonamides is 1. The highest BCUT2D eigenvalue weighted by atomic mass is 32.2. The maximum absolute atomic E-state index is 12.7. The summed E-state index contributed by atoms with van der Waals surface area (Å²) in [5.41, 5.74) is 8.75. The van der Waals surface area contributed by atoms with E-state index in [-0.39, 0.29) is 0 Å². The van der Waals surface area contributed by atoms with E-state index < -0.39 is 10.0 Å². The molecular formula is C15H21N3O3S. The molecule has 0 aliphatic carbocycles. The molecule has 0 saturated carbocycles. The number of H-pyrrole nitrogens is 1. The number of morpholine rings is 1. The quantitative estimate of drug-likeness (QED) is 0.878.